The van der Waals surface area contributed by atoms with Gasteiger partial charge in [0.25, 0.3) is 0 Å². The number of urea groups is 1. The lowest BCUT2D eigenvalue weighted by Gasteiger charge is -2.35. The molecule has 3 amide bonds. The lowest BCUT2D eigenvalue weighted by molar-refractivity contribution is -0.122. The van der Waals surface area contributed by atoms with Gasteiger partial charge in [0.1, 0.15) is 0 Å². The Bertz CT molecular complexity index is 275. The molecule has 98 valence electrons. The van der Waals surface area contributed by atoms with Crippen LogP contribution in [0.1, 0.15) is 20.3 Å². The molecule has 0 aromatic carbocycles. The molecule has 1 fully saturated rings. The lowest BCUT2D eigenvalue weighted by Crippen LogP contribution is -2.58. The van der Waals surface area contributed by atoms with Crippen molar-refractivity contribution in [3.8, 4) is 0 Å². The molecule has 0 saturated carbocycles. The van der Waals surface area contributed by atoms with E-state index in [1.807, 2.05) is 4.90 Å². The fourth-order valence-electron chi connectivity index (χ4n) is 1.63. The Morgan fingerprint density at radius 3 is 2.59 bits per heavy atom. The van der Waals surface area contributed by atoms with Gasteiger partial charge < -0.3 is 11.1 Å². The molecule has 0 aromatic heterocycles. The minimum Gasteiger partial charge on any atom is -0.338 e. The second-order valence-electron chi connectivity index (χ2n) is 4.94. The third-order valence-corrected chi connectivity index (χ3v) is 2.61. The lowest BCUT2D eigenvalue weighted by atomic mass is 10.1. The molecule has 1 aliphatic heterocycles. The first-order valence-electron chi connectivity index (χ1n) is 6.03. The average Bonchev–Trinajstić information content (AvgIpc) is 2.14. The zero-order valence-corrected chi connectivity index (χ0v) is 10.5. The molecule has 0 aromatic rings. The van der Waals surface area contributed by atoms with Crippen LogP contribution >= 0.6 is 0 Å². The Labute approximate surface area is 102 Å². The monoisotopic (exact) mass is 242 g/mol. The molecular weight excluding hydrogens is 220 g/mol. The molecule has 1 saturated heterocycles. The van der Waals surface area contributed by atoms with Gasteiger partial charge in [0.2, 0.25) is 5.91 Å². The van der Waals surface area contributed by atoms with Gasteiger partial charge in [0.15, 0.2) is 0 Å². The molecule has 1 heterocycles. The van der Waals surface area contributed by atoms with Gasteiger partial charge in [-0.3, -0.25) is 15.0 Å². The van der Waals surface area contributed by atoms with Crippen molar-refractivity contribution in [2.24, 2.45) is 11.7 Å². The smallest absolute Gasteiger partial charge is 0.321 e. The van der Waals surface area contributed by atoms with Crippen LogP contribution < -0.4 is 16.4 Å². The Kier molecular flexibility index (Phi) is 5.37. The van der Waals surface area contributed by atoms with Gasteiger partial charge in [-0.05, 0) is 12.3 Å². The summed E-state index contributed by atoms with van der Waals surface area (Å²) in [6.45, 7) is 6.44. The molecule has 0 atom stereocenters. The van der Waals surface area contributed by atoms with Crippen LogP contribution in [-0.4, -0.2) is 49.1 Å². The first kappa shape index (κ1) is 13.9. The maximum atomic E-state index is 11.4. The normalized spacial score (nSPS) is 16.7. The van der Waals surface area contributed by atoms with E-state index < -0.39 is 6.03 Å². The van der Waals surface area contributed by atoms with E-state index in [0.29, 0.717) is 12.5 Å². The first-order chi connectivity index (χ1) is 7.97. The Hall–Kier alpha value is -1.14. The number of nitrogens with two attached hydrogens (primary N) is 1. The van der Waals surface area contributed by atoms with E-state index in [-0.39, 0.29) is 18.5 Å². The summed E-state index contributed by atoms with van der Waals surface area (Å²) in [5.41, 5.74) is 5.59. The molecule has 0 radical (unpaired) electrons. The van der Waals surface area contributed by atoms with Crippen molar-refractivity contribution in [1.29, 1.82) is 0 Å². The quantitative estimate of drug-likeness (QED) is 0.606. The van der Waals surface area contributed by atoms with Crippen LogP contribution in [0, 0.1) is 5.92 Å². The van der Waals surface area contributed by atoms with Gasteiger partial charge in [-0.15, -0.1) is 0 Å². The van der Waals surface area contributed by atoms with Gasteiger partial charge >= 0.3 is 6.03 Å². The van der Waals surface area contributed by atoms with Crippen molar-refractivity contribution in [3.05, 3.63) is 0 Å². The predicted octanol–water partition coefficient (Wildman–Crippen LogP) is -0.499. The molecule has 17 heavy (non-hydrogen) atoms. The molecule has 0 spiro atoms. The number of carbonyl (C=O) groups excluding carboxylic acids is 2. The Balaban J connectivity index is 2.07. The van der Waals surface area contributed by atoms with Crippen LogP contribution in [-0.2, 0) is 4.79 Å². The van der Waals surface area contributed by atoms with Crippen LogP contribution in [0.15, 0.2) is 0 Å². The van der Waals surface area contributed by atoms with Crippen molar-refractivity contribution in [2.75, 3.05) is 26.2 Å². The molecule has 0 aliphatic carbocycles. The van der Waals surface area contributed by atoms with Crippen molar-refractivity contribution >= 4 is 11.9 Å². The number of nitrogens with one attached hydrogen (secondary N) is 2. The number of hydrogen-bond donors (Lipinski definition) is 3. The van der Waals surface area contributed by atoms with E-state index in [0.717, 1.165) is 19.5 Å². The Morgan fingerprint density at radius 1 is 1.41 bits per heavy atom. The van der Waals surface area contributed by atoms with Crippen LogP contribution in [0.4, 0.5) is 4.79 Å². The van der Waals surface area contributed by atoms with Gasteiger partial charge in [-0.2, -0.15) is 0 Å². The Morgan fingerprint density at radius 2 is 2.06 bits per heavy atom. The van der Waals surface area contributed by atoms with E-state index in [2.05, 4.69) is 24.5 Å². The summed E-state index contributed by atoms with van der Waals surface area (Å²) >= 11 is 0. The van der Waals surface area contributed by atoms with E-state index in [4.69, 9.17) is 5.73 Å². The summed E-state index contributed by atoms with van der Waals surface area (Å²) < 4.78 is 0. The van der Waals surface area contributed by atoms with Gasteiger partial charge in [-0.1, -0.05) is 13.8 Å². The van der Waals surface area contributed by atoms with E-state index in [9.17, 15) is 9.59 Å². The third-order valence-electron chi connectivity index (χ3n) is 2.61. The van der Waals surface area contributed by atoms with Crippen LogP contribution in [0.3, 0.4) is 0 Å². The molecule has 0 bridgehead atoms. The highest BCUT2D eigenvalue weighted by atomic mass is 16.2. The van der Waals surface area contributed by atoms with E-state index in [1.54, 1.807) is 0 Å². The zero-order valence-electron chi connectivity index (χ0n) is 10.5. The molecular formula is C11H22N4O2. The summed E-state index contributed by atoms with van der Waals surface area (Å²) in [6, 6.07) is -0.247. The van der Waals surface area contributed by atoms with E-state index in [1.165, 1.54) is 0 Å². The maximum Gasteiger partial charge on any atom is 0.321 e. The predicted molar refractivity (Wildman–Crippen MR) is 65.4 cm³/mol. The number of rotatable bonds is 5. The fourth-order valence-corrected chi connectivity index (χ4v) is 1.63. The molecule has 1 aliphatic rings. The molecule has 6 nitrogen and oxygen atoms in total. The molecule has 1 rings (SSSR count). The molecule has 6 heteroatoms. The number of amides is 3. The SMILES string of the molecule is CC(C)CCNC(=O)NC(=O)CN1CC(N)C1. The first-order valence-corrected chi connectivity index (χ1v) is 6.03. The summed E-state index contributed by atoms with van der Waals surface area (Å²) in [4.78, 5) is 24.6. The minimum atomic E-state index is -0.416. The fraction of sp³-hybridized carbons (Fsp3) is 0.818. The van der Waals surface area contributed by atoms with Gasteiger partial charge in [-0.25, -0.2) is 4.79 Å². The van der Waals surface area contributed by atoms with E-state index >= 15 is 0 Å². The van der Waals surface area contributed by atoms with Crippen LogP contribution in [0.5, 0.6) is 0 Å². The number of likely N-dealkylation sites (tertiary alicyclic amines) is 1. The van der Waals surface area contributed by atoms with Crippen molar-refractivity contribution in [2.45, 2.75) is 26.3 Å². The minimum absolute atomic E-state index is 0.169. The van der Waals surface area contributed by atoms with Crippen LogP contribution in [0.2, 0.25) is 0 Å². The molecule has 0 unspecified atom stereocenters. The zero-order chi connectivity index (χ0) is 12.8. The van der Waals surface area contributed by atoms with Crippen molar-refractivity contribution in [1.82, 2.24) is 15.5 Å². The second-order valence-corrected chi connectivity index (χ2v) is 4.94. The third kappa shape index (κ3) is 5.65. The average molecular weight is 242 g/mol. The molecule has 4 N–H and O–H groups in total. The summed E-state index contributed by atoms with van der Waals surface area (Å²) in [7, 11) is 0. The van der Waals surface area contributed by atoms with Gasteiger partial charge in [0.05, 0.1) is 6.54 Å². The second kappa shape index (κ2) is 6.56. The summed E-state index contributed by atoms with van der Waals surface area (Å²) in [5.74, 6) is 0.257. The number of imide groups is 1. The highest BCUT2D eigenvalue weighted by molar-refractivity contribution is 5.95. The summed E-state index contributed by atoms with van der Waals surface area (Å²) in [6.07, 6.45) is 0.905. The number of nitrogens with zero attached hydrogens (tertiary/aromatic N) is 1. The number of hydrogen-bond acceptors (Lipinski definition) is 4. The van der Waals surface area contributed by atoms with Crippen molar-refractivity contribution < 1.29 is 9.59 Å². The number of carbonyl (C=O) groups is 2. The highest BCUT2D eigenvalue weighted by Crippen LogP contribution is 2.03. The van der Waals surface area contributed by atoms with Crippen molar-refractivity contribution in [3.63, 3.8) is 0 Å². The summed E-state index contributed by atoms with van der Waals surface area (Å²) in [5, 5.41) is 4.94. The topological polar surface area (TPSA) is 87.5 Å². The maximum absolute atomic E-state index is 11.4. The highest BCUT2D eigenvalue weighted by Gasteiger charge is 2.25. The largest absolute Gasteiger partial charge is 0.338 e. The standard InChI is InChI=1S/C11H22N4O2/c1-8(2)3-4-13-11(17)14-10(16)7-15-5-9(12)6-15/h8-9H,3-7,12H2,1-2H3,(H2,13,14,16,17). The van der Waals surface area contributed by atoms with Crippen LogP contribution in [0.25, 0.3) is 0 Å². The van der Waals surface area contributed by atoms with Gasteiger partial charge in [0, 0.05) is 25.7 Å².